The first-order chi connectivity index (χ1) is 14.5. The number of carbonyl (C=O) groups is 1. The zero-order chi connectivity index (χ0) is 21.7. The number of anilines is 1. The van der Waals surface area contributed by atoms with Gasteiger partial charge in [-0.2, -0.15) is 0 Å². The van der Waals surface area contributed by atoms with E-state index in [-0.39, 0.29) is 12.0 Å². The maximum Gasteiger partial charge on any atom is 0.248 e. The maximum atomic E-state index is 12.5. The molecule has 0 radical (unpaired) electrons. The minimum atomic E-state index is -0.304. The third-order valence-corrected chi connectivity index (χ3v) is 4.67. The van der Waals surface area contributed by atoms with Crippen LogP contribution in [0.5, 0.6) is 28.7 Å². The van der Waals surface area contributed by atoms with Gasteiger partial charge in [0.05, 0.1) is 27.9 Å². The number of benzene rings is 2. The topological polar surface area (TPSA) is 75.3 Å². The first kappa shape index (κ1) is 21.4. The lowest BCUT2D eigenvalue weighted by Gasteiger charge is -2.14. The van der Waals surface area contributed by atoms with E-state index in [2.05, 4.69) is 5.32 Å². The van der Waals surface area contributed by atoms with Crippen molar-refractivity contribution in [2.45, 2.75) is 26.4 Å². The summed E-state index contributed by atoms with van der Waals surface area (Å²) in [6, 6.07) is 7.23. The Morgan fingerprint density at radius 2 is 1.80 bits per heavy atom. The summed E-state index contributed by atoms with van der Waals surface area (Å²) in [4.78, 5) is 12.5. The molecule has 30 heavy (non-hydrogen) atoms. The van der Waals surface area contributed by atoms with Crippen LogP contribution in [0.3, 0.4) is 0 Å². The summed E-state index contributed by atoms with van der Waals surface area (Å²) >= 11 is 0. The Bertz CT molecular complexity index is 928. The van der Waals surface area contributed by atoms with E-state index in [0.717, 1.165) is 29.0 Å². The Hall–Kier alpha value is -3.35. The minimum Gasteiger partial charge on any atom is -0.493 e. The molecule has 2 aromatic carbocycles. The molecule has 0 saturated carbocycles. The number of amides is 1. The molecular weight excluding hydrogens is 386 g/mol. The SMILES string of the molecule is CCOc1cc2c(cc1/C=C/C(=O)Nc1cc(OC)c(OC)c(OC)c1)OC(C)C2. The highest BCUT2D eigenvalue weighted by molar-refractivity contribution is 6.02. The van der Waals surface area contributed by atoms with Gasteiger partial charge in [0.15, 0.2) is 11.5 Å². The molecule has 0 spiro atoms. The number of hydrogen-bond acceptors (Lipinski definition) is 6. The van der Waals surface area contributed by atoms with Crippen LogP contribution in [-0.2, 0) is 11.2 Å². The van der Waals surface area contributed by atoms with Crippen LogP contribution in [-0.4, -0.2) is 39.9 Å². The normalized spacial score (nSPS) is 14.8. The van der Waals surface area contributed by atoms with Crippen LogP contribution >= 0.6 is 0 Å². The predicted molar refractivity (Wildman–Crippen MR) is 115 cm³/mol. The molecule has 1 aliphatic rings. The van der Waals surface area contributed by atoms with E-state index in [1.54, 1.807) is 18.2 Å². The molecule has 0 bridgehead atoms. The minimum absolute atomic E-state index is 0.136. The molecule has 1 amide bonds. The molecule has 160 valence electrons. The second kappa shape index (κ2) is 9.43. The summed E-state index contributed by atoms with van der Waals surface area (Å²) in [6.07, 6.45) is 4.15. The van der Waals surface area contributed by atoms with Crippen LogP contribution in [0.2, 0.25) is 0 Å². The van der Waals surface area contributed by atoms with E-state index in [1.807, 2.05) is 26.0 Å². The van der Waals surface area contributed by atoms with Crippen LogP contribution in [0.4, 0.5) is 5.69 Å². The molecule has 2 aromatic rings. The average molecular weight is 413 g/mol. The highest BCUT2D eigenvalue weighted by atomic mass is 16.5. The van der Waals surface area contributed by atoms with Gasteiger partial charge in [0.1, 0.15) is 17.6 Å². The van der Waals surface area contributed by atoms with Crippen LogP contribution in [0.15, 0.2) is 30.3 Å². The molecule has 3 rings (SSSR count). The Balaban J connectivity index is 1.81. The van der Waals surface area contributed by atoms with Crippen molar-refractivity contribution in [2.75, 3.05) is 33.3 Å². The number of carbonyl (C=O) groups excluding carboxylic acids is 1. The lowest BCUT2D eigenvalue weighted by atomic mass is 10.1. The van der Waals surface area contributed by atoms with Crippen molar-refractivity contribution in [1.82, 2.24) is 0 Å². The first-order valence-electron chi connectivity index (χ1n) is 9.74. The van der Waals surface area contributed by atoms with Crippen molar-refractivity contribution >= 4 is 17.7 Å². The molecule has 7 heteroatoms. The van der Waals surface area contributed by atoms with Crippen LogP contribution in [0.1, 0.15) is 25.0 Å². The Morgan fingerprint density at radius 1 is 1.10 bits per heavy atom. The van der Waals surface area contributed by atoms with E-state index in [9.17, 15) is 4.79 Å². The van der Waals surface area contributed by atoms with Crippen molar-refractivity contribution in [1.29, 1.82) is 0 Å². The lowest BCUT2D eigenvalue weighted by Crippen LogP contribution is -2.08. The van der Waals surface area contributed by atoms with E-state index < -0.39 is 0 Å². The Morgan fingerprint density at radius 3 is 2.40 bits per heavy atom. The molecule has 1 unspecified atom stereocenters. The zero-order valence-electron chi connectivity index (χ0n) is 17.9. The van der Waals surface area contributed by atoms with Crippen LogP contribution in [0.25, 0.3) is 6.08 Å². The number of methoxy groups -OCH3 is 3. The van der Waals surface area contributed by atoms with Gasteiger partial charge in [-0.05, 0) is 32.1 Å². The molecule has 0 aromatic heterocycles. The fraction of sp³-hybridized carbons (Fsp3) is 0.348. The van der Waals surface area contributed by atoms with Gasteiger partial charge in [-0.15, -0.1) is 0 Å². The van der Waals surface area contributed by atoms with Gasteiger partial charge in [-0.25, -0.2) is 0 Å². The van der Waals surface area contributed by atoms with E-state index in [0.29, 0.717) is 29.5 Å². The van der Waals surface area contributed by atoms with Crippen molar-refractivity contribution in [3.8, 4) is 28.7 Å². The summed E-state index contributed by atoms with van der Waals surface area (Å²) < 4.78 is 27.5. The number of fused-ring (bicyclic) bond motifs is 1. The van der Waals surface area contributed by atoms with Crippen molar-refractivity contribution in [3.05, 3.63) is 41.5 Å². The largest absolute Gasteiger partial charge is 0.493 e. The Kier molecular flexibility index (Phi) is 6.72. The fourth-order valence-electron chi connectivity index (χ4n) is 3.37. The maximum absolute atomic E-state index is 12.5. The molecular formula is C23H27NO6. The summed E-state index contributed by atoms with van der Waals surface area (Å²) in [5, 5.41) is 2.81. The third-order valence-electron chi connectivity index (χ3n) is 4.67. The Labute approximate surface area is 176 Å². The lowest BCUT2D eigenvalue weighted by molar-refractivity contribution is -0.111. The molecule has 0 aliphatic carbocycles. The van der Waals surface area contributed by atoms with Crippen LogP contribution in [0, 0.1) is 0 Å². The standard InChI is InChI=1S/C23H27NO6/c1-6-29-18-11-16-9-14(2)30-19(16)10-15(18)7-8-22(25)24-17-12-20(26-3)23(28-5)21(13-17)27-4/h7-8,10-14H,6,9H2,1-5H3,(H,24,25)/b8-7+. The van der Waals surface area contributed by atoms with E-state index in [1.165, 1.54) is 27.4 Å². The second-order valence-corrected chi connectivity index (χ2v) is 6.80. The van der Waals surface area contributed by atoms with E-state index >= 15 is 0 Å². The van der Waals surface area contributed by atoms with Gasteiger partial charge in [0.25, 0.3) is 0 Å². The van der Waals surface area contributed by atoms with Gasteiger partial charge in [-0.3, -0.25) is 4.79 Å². The third kappa shape index (κ3) is 4.62. The second-order valence-electron chi connectivity index (χ2n) is 6.80. The van der Waals surface area contributed by atoms with Gasteiger partial charge < -0.3 is 29.0 Å². The number of nitrogens with one attached hydrogen (secondary N) is 1. The van der Waals surface area contributed by atoms with Gasteiger partial charge in [0.2, 0.25) is 11.7 Å². The van der Waals surface area contributed by atoms with Crippen molar-refractivity contribution in [3.63, 3.8) is 0 Å². The summed E-state index contributed by atoms with van der Waals surface area (Å²) in [5.74, 6) is 2.63. The predicted octanol–water partition coefficient (Wildman–Crippen LogP) is 4.09. The quantitative estimate of drug-likeness (QED) is 0.657. The van der Waals surface area contributed by atoms with Gasteiger partial charge >= 0.3 is 0 Å². The molecule has 7 nitrogen and oxygen atoms in total. The molecule has 1 atom stereocenters. The number of hydrogen-bond donors (Lipinski definition) is 1. The van der Waals surface area contributed by atoms with Gasteiger partial charge in [0, 0.05) is 41.4 Å². The van der Waals surface area contributed by atoms with Crippen molar-refractivity contribution < 1.29 is 28.5 Å². The smallest absolute Gasteiger partial charge is 0.248 e. The molecule has 0 fully saturated rings. The average Bonchev–Trinajstić information content (AvgIpc) is 3.10. The summed E-state index contributed by atoms with van der Waals surface area (Å²) in [6.45, 7) is 4.49. The highest BCUT2D eigenvalue weighted by Crippen LogP contribution is 2.40. The number of ether oxygens (including phenoxy) is 5. The van der Waals surface area contributed by atoms with Crippen molar-refractivity contribution in [2.24, 2.45) is 0 Å². The summed E-state index contributed by atoms with van der Waals surface area (Å²) in [5.41, 5.74) is 2.42. The van der Waals surface area contributed by atoms with E-state index in [4.69, 9.17) is 23.7 Å². The molecule has 1 heterocycles. The molecule has 1 N–H and O–H groups in total. The van der Waals surface area contributed by atoms with Gasteiger partial charge in [-0.1, -0.05) is 0 Å². The molecule has 0 saturated heterocycles. The highest BCUT2D eigenvalue weighted by Gasteiger charge is 2.21. The number of rotatable bonds is 8. The summed E-state index contributed by atoms with van der Waals surface area (Å²) in [7, 11) is 4.57. The zero-order valence-corrected chi connectivity index (χ0v) is 17.9. The molecule has 1 aliphatic heterocycles. The monoisotopic (exact) mass is 413 g/mol. The van der Waals surface area contributed by atoms with Crippen LogP contribution < -0.4 is 29.0 Å². The first-order valence-corrected chi connectivity index (χ1v) is 9.74. The fourth-order valence-corrected chi connectivity index (χ4v) is 3.37.